The number of amides is 1. The molecule has 1 amide bonds. The summed E-state index contributed by atoms with van der Waals surface area (Å²) >= 11 is 0. The zero-order chi connectivity index (χ0) is 27.4. The predicted molar refractivity (Wildman–Crippen MR) is 144 cm³/mol. The molecule has 2 aromatic carbocycles. The van der Waals surface area contributed by atoms with Gasteiger partial charge < -0.3 is 4.57 Å². The molecular formula is C28H36N2O6Si. The third kappa shape index (κ3) is 6.16. The van der Waals surface area contributed by atoms with Gasteiger partial charge in [0.25, 0.3) is 5.69 Å². The second-order valence-corrected chi connectivity index (χ2v) is 16.0. The number of carbonyl (C=O) groups is 2. The molecule has 0 bridgehead atoms. The van der Waals surface area contributed by atoms with Crippen molar-refractivity contribution in [2.75, 3.05) is 0 Å². The SMILES string of the molecule is C=C[C@H]1[C@@H](C(CCc2ccccc2)OOC(=O)Cc2ccccc2[N+](=O)[O-])C(=O)N1[Si](C)(C)C(C)(C)C. The molecular weight excluding hydrogens is 488 g/mol. The number of β-lactam (4-membered cyclic amide) rings is 1. The Morgan fingerprint density at radius 2 is 1.78 bits per heavy atom. The Hall–Kier alpha value is -3.30. The van der Waals surface area contributed by atoms with Crippen molar-refractivity contribution in [2.45, 2.75) is 70.3 Å². The third-order valence-corrected chi connectivity index (χ3v) is 13.0. The zero-order valence-electron chi connectivity index (χ0n) is 22.2. The average molecular weight is 525 g/mol. The zero-order valence-corrected chi connectivity index (χ0v) is 23.2. The number of nitro groups is 1. The number of benzene rings is 2. The summed E-state index contributed by atoms with van der Waals surface area (Å²) in [7, 11) is -2.17. The van der Waals surface area contributed by atoms with Crippen LogP contribution in [0.4, 0.5) is 5.69 Å². The van der Waals surface area contributed by atoms with Gasteiger partial charge in [0, 0.05) is 11.6 Å². The summed E-state index contributed by atoms with van der Waals surface area (Å²) in [4.78, 5) is 47.7. The number of aryl methyl sites for hydroxylation is 1. The van der Waals surface area contributed by atoms with Crippen molar-refractivity contribution < 1.29 is 24.3 Å². The lowest BCUT2D eigenvalue weighted by atomic mass is 9.83. The summed E-state index contributed by atoms with van der Waals surface area (Å²) < 4.78 is 1.97. The van der Waals surface area contributed by atoms with Gasteiger partial charge in [-0.25, -0.2) is 4.79 Å². The quantitative estimate of drug-likeness (QED) is 0.0943. The number of nitrogens with zero attached hydrogens (tertiary/aromatic N) is 2. The lowest BCUT2D eigenvalue weighted by Gasteiger charge is -2.58. The minimum Gasteiger partial charge on any atom is -0.362 e. The molecule has 0 spiro atoms. The maximum Gasteiger partial charge on any atom is 0.346 e. The highest BCUT2D eigenvalue weighted by molar-refractivity contribution is 6.80. The number of carbonyl (C=O) groups excluding carboxylic acids is 2. The van der Waals surface area contributed by atoms with E-state index in [1.807, 2.05) is 34.9 Å². The van der Waals surface area contributed by atoms with E-state index in [-0.39, 0.29) is 34.7 Å². The molecule has 1 fully saturated rings. The first-order chi connectivity index (χ1) is 17.4. The monoisotopic (exact) mass is 524 g/mol. The van der Waals surface area contributed by atoms with Gasteiger partial charge in [0.15, 0.2) is 8.24 Å². The number of hydrogen-bond donors (Lipinski definition) is 0. The first kappa shape index (κ1) is 28.3. The molecule has 37 heavy (non-hydrogen) atoms. The van der Waals surface area contributed by atoms with Crippen molar-refractivity contribution >= 4 is 25.8 Å². The number of hydrogen-bond acceptors (Lipinski definition) is 6. The number of rotatable bonds is 11. The minimum atomic E-state index is -2.17. The van der Waals surface area contributed by atoms with E-state index < -0.39 is 31.1 Å². The Labute approximate surface area is 219 Å². The molecule has 1 saturated heterocycles. The molecule has 2 aromatic rings. The van der Waals surface area contributed by atoms with Crippen molar-refractivity contribution in [3.63, 3.8) is 0 Å². The highest BCUT2D eigenvalue weighted by Crippen LogP contribution is 2.46. The van der Waals surface area contributed by atoms with E-state index >= 15 is 0 Å². The highest BCUT2D eigenvalue weighted by atomic mass is 28.3. The average Bonchev–Trinajstić information content (AvgIpc) is 2.83. The van der Waals surface area contributed by atoms with Crippen LogP contribution in [0.2, 0.25) is 18.1 Å². The smallest absolute Gasteiger partial charge is 0.346 e. The van der Waals surface area contributed by atoms with Crippen molar-refractivity contribution in [1.82, 2.24) is 4.57 Å². The van der Waals surface area contributed by atoms with E-state index in [1.165, 1.54) is 18.2 Å². The molecule has 0 saturated carbocycles. The number of nitro benzene ring substituents is 1. The van der Waals surface area contributed by atoms with Crippen LogP contribution in [-0.4, -0.2) is 41.7 Å². The Bertz CT molecular complexity index is 1140. The van der Waals surface area contributed by atoms with E-state index in [0.717, 1.165) is 5.56 Å². The van der Waals surface area contributed by atoms with E-state index in [1.54, 1.807) is 12.1 Å². The normalized spacial score (nSPS) is 18.6. The van der Waals surface area contributed by atoms with Crippen LogP contribution in [0.3, 0.4) is 0 Å². The van der Waals surface area contributed by atoms with Gasteiger partial charge in [-0.2, -0.15) is 4.89 Å². The molecule has 0 aromatic heterocycles. The van der Waals surface area contributed by atoms with Crippen molar-refractivity contribution in [2.24, 2.45) is 5.92 Å². The van der Waals surface area contributed by atoms with Crippen LogP contribution < -0.4 is 0 Å². The van der Waals surface area contributed by atoms with Crippen LogP contribution in [0.1, 0.15) is 38.3 Å². The van der Waals surface area contributed by atoms with Crippen molar-refractivity contribution in [3.8, 4) is 0 Å². The molecule has 1 heterocycles. The highest BCUT2D eigenvalue weighted by Gasteiger charge is 2.58. The molecule has 9 heteroatoms. The molecule has 1 aliphatic rings. The van der Waals surface area contributed by atoms with Gasteiger partial charge in [-0.05, 0) is 23.4 Å². The summed E-state index contributed by atoms with van der Waals surface area (Å²) in [5.74, 6) is -1.32. The summed E-state index contributed by atoms with van der Waals surface area (Å²) in [6, 6.07) is 15.6. The first-order valence-corrected chi connectivity index (χ1v) is 15.4. The van der Waals surface area contributed by atoms with Gasteiger partial charge >= 0.3 is 5.97 Å². The Kier molecular flexibility index (Phi) is 8.71. The van der Waals surface area contributed by atoms with Gasteiger partial charge in [-0.15, -0.1) is 6.58 Å². The van der Waals surface area contributed by atoms with Gasteiger partial charge in [0.05, 0.1) is 23.3 Å². The fraction of sp³-hybridized carbons (Fsp3) is 0.429. The maximum absolute atomic E-state index is 13.5. The molecule has 0 radical (unpaired) electrons. The molecule has 8 nitrogen and oxygen atoms in total. The van der Waals surface area contributed by atoms with Gasteiger partial charge in [0.1, 0.15) is 6.10 Å². The van der Waals surface area contributed by atoms with Gasteiger partial charge in [-0.3, -0.25) is 19.8 Å². The maximum atomic E-state index is 13.5. The van der Waals surface area contributed by atoms with Crippen molar-refractivity contribution in [3.05, 3.63) is 88.5 Å². The van der Waals surface area contributed by atoms with E-state index in [0.29, 0.717) is 12.8 Å². The van der Waals surface area contributed by atoms with Gasteiger partial charge in [0.2, 0.25) is 5.91 Å². The summed E-state index contributed by atoms with van der Waals surface area (Å²) in [6.07, 6.45) is 1.85. The van der Waals surface area contributed by atoms with E-state index in [9.17, 15) is 19.7 Å². The van der Waals surface area contributed by atoms with Gasteiger partial charge in [-0.1, -0.05) is 88.5 Å². The minimum absolute atomic E-state index is 0.0238. The Balaban J connectivity index is 1.78. The topological polar surface area (TPSA) is 99.0 Å². The standard InChI is InChI=1S/C28H36N2O6Si/c1-7-22-26(27(32)29(22)37(5,6)28(2,3)4)24(18-17-20-13-9-8-10-14-20)35-36-25(31)19-21-15-11-12-16-23(21)30(33)34/h7-16,22,24,26H,1,17-19H2,2-6H3/t22-,24?,26-/m0/s1. The molecule has 3 rings (SSSR count). The van der Waals surface area contributed by atoms with Crippen LogP contribution in [0.25, 0.3) is 0 Å². The molecule has 198 valence electrons. The molecule has 1 aliphatic heterocycles. The largest absolute Gasteiger partial charge is 0.362 e. The fourth-order valence-corrected chi connectivity index (χ4v) is 6.99. The van der Waals surface area contributed by atoms with Crippen molar-refractivity contribution in [1.29, 1.82) is 0 Å². The fourth-order valence-electron chi connectivity index (χ4n) is 4.55. The van der Waals surface area contributed by atoms with E-state index in [4.69, 9.17) is 9.78 Å². The number of para-hydroxylation sites is 1. The molecule has 0 N–H and O–H groups in total. The molecule has 0 aliphatic carbocycles. The van der Waals surface area contributed by atoms with Crippen LogP contribution >= 0.6 is 0 Å². The predicted octanol–water partition coefficient (Wildman–Crippen LogP) is 5.63. The third-order valence-electron chi connectivity index (χ3n) is 7.62. The summed E-state index contributed by atoms with van der Waals surface area (Å²) in [6.45, 7) is 14.8. The lowest BCUT2D eigenvalue weighted by Crippen LogP contribution is -2.74. The first-order valence-electron chi connectivity index (χ1n) is 12.5. The summed E-state index contributed by atoms with van der Waals surface area (Å²) in [5, 5.41) is 11.2. The molecule has 1 unspecified atom stereocenters. The van der Waals surface area contributed by atoms with E-state index in [2.05, 4.69) is 40.4 Å². The molecule has 3 atom stereocenters. The second kappa shape index (κ2) is 11.4. The van der Waals surface area contributed by atoms with Crippen LogP contribution in [0.5, 0.6) is 0 Å². The van der Waals surface area contributed by atoms with Crippen LogP contribution in [0, 0.1) is 16.0 Å². The lowest BCUT2D eigenvalue weighted by molar-refractivity contribution is -0.385. The second-order valence-electron chi connectivity index (χ2n) is 10.9. The van der Waals surface area contributed by atoms with Crippen LogP contribution in [0.15, 0.2) is 67.3 Å². The summed E-state index contributed by atoms with van der Waals surface area (Å²) in [5.41, 5.74) is 1.14. The van der Waals surface area contributed by atoms with Crippen LogP contribution in [-0.2, 0) is 32.2 Å². The Morgan fingerprint density at radius 1 is 1.16 bits per heavy atom. The Morgan fingerprint density at radius 3 is 2.38 bits per heavy atom.